The van der Waals surface area contributed by atoms with Crippen molar-refractivity contribution in [3.63, 3.8) is 0 Å². The van der Waals surface area contributed by atoms with Gasteiger partial charge in [-0.3, -0.25) is 0 Å². The van der Waals surface area contributed by atoms with Crippen LogP contribution in [0, 0.1) is 6.92 Å². The molecule has 3 N–H and O–H groups in total. The molecule has 0 saturated carbocycles. The standard InChI is InChI=1S/C14H18N4/c1-9-7-8-11-5-3-4-6-12(11)18(9)14-13(15)16-10(2)17-14/h3-6,9H,7-8,15H2,1-2H3,(H,16,17). The van der Waals surface area contributed by atoms with E-state index in [-0.39, 0.29) is 0 Å². The first-order valence-electron chi connectivity index (χ1n) is 6.36. The second-order valence-electron chi connectivity index (χ2n) is 4.95. The summed E-state index contributed by atoms with van der Waals surface area (Å²) in [5, 5.41) is 0. The molecule has 1 aromatic heterocycles. The van der Waals surface area contributed by atoms with E-state index in [0.717, 1.165) is 24.5 Å². The van der Waals surface area contributed by atoms with Gasteiger partial charge in [0.15, 0.2) is 5.82 Å². The van der Waals surface area contributed by atoms with Gasteiger partial charge in [0.25, 0.3) is 0 Å². The Kier molecular flexibility index (Phi) is 2.51. The van der Waals surface area contributed by atoms with E-state index in [1.807, 2.05) is 6.92 Å². The molecule has 1 aliphatic heterocycles. The zero-order chi connectivity index (χ0) is 12.7. The number of anilines is 3. The molecule has 3 rings (SSSR count). The number of benzene rings is 1. The molecule has 4 heteroatoms. The maximum atomic E-state index is 6.03. The largest absolute Gasteiger partial charge is 0.382 e. The predicted octanol–water partition coefficient (Wildman–Crippen LogP) is 2.77. The number of nitrogens with two attached hydrogens (primary N) is 1. The minimum absolute atomic E-state index is 0.421. The van der Waals surface area contributed by atoms with Gasteiger partial charge in [-0.05, 0) is 38.3 Å². The second-order valence-corrected chi connectivity index (χ2v) is 4.95. The molecule has 0 bridgehead atoms. The summed E-state index contributed by atoms with van der Waals surface area (Å²) in [7, 11) is 0. The Morgan fingerprint density at radius 1 is 1.39 bits per heavy atom. The number of aromatic amines is 1. The Labute approximate surface area is 107 Å². The van der Waals surface area contributed by atoms with Crippen LogP contribution in [0.25, 0.3) is 0 Å². The first-order valence-corrected chi connectivity index (χ1v) is 6.36. The monoisotopic (exact) mass is 242 g/mol. The first-order chi connectivity index (χ1) is 8.66. The number of imidazole rings is 1. The lowest BCUT2D eigenvalue weighted by atomic mass is 9.97. The highest BCUT2D eigenvalue weighted by molar-refractivity contribution is 5.73. The summed E-state index contributed by atoms with van der Waals surface area (Å²) >= 11 is 0. The number of rotatable bonds is 1. The molecule has 0 amide bonds. The molecule has 2 aromatic rings. The molecule has 18 heavy (non-hydrogen) atoms. The van der Waals surface area contributed by atoms with Crippen molar-refractivity contribution >= 4 is 17.3 Å². The van der Waals surface area contributed by atoms with Crippen LogP contribution in [0.4, 0.5) is 17.3 Å². The Balaban J connectivity index is 2.13. The maximum Gasteiger partial charge on any atom is 0.176 e. The minimum atomic E-state index is 0.421. The van der Waals surface area contributed by atoms with Gasteiger partial charge >= 0.3 is 0 Å². The number of fused-ring (bicyclic) bond motifs is 1. The van der Waals surface area contributed by atoms with Crippen LogP contribution < -0.4 is 10.6 Å². The van der Waals surface area contributed by atoms with E-state index < -0.39 is 0 Å². The van der Waals surface area contributed by atoms with E-state index in [2.05, 4.69) is 46.1 Å². The summed E-state index contributed by atoms with van der Waals surface area (Å²) in [4.78, 5) is 9.86. The normalized spacial score (nSPS) is 18.8. The molecule has 1 atom stereocenters. The van der Waals surface area contributed by atoms with Crippen LogP contribution in [0.5, 0.6) is 0 Å². The van der Waals surface area contributed by atoms with Gasteiger partial charge in [-0.15, -0.1) is 0 Å². The smallest absolute Gasteiger partial charge is 0.176 e. The first kappa shape index (κ1) is 11.1. The number of para-hydroxylation sites is 1. The van der Waals surface area contributed by atoms with Crippen LogP contribution in [0.15, 0.2) is 24.3 Å². The molecule has 2 heterocycles. The van der Waals surface area contributed by atoms with Crippen molar-refractivity contribution in [2.45, 2.75) is 32.7 Å². The number of hydrogen-bond donors (Lipinski definition) is 2. The van der Waals surface area contributed by atoms with Crippen molar-refractivity contribution in [1.29, 1.82) is 0 Å². The zero-order valence-electron chi connectivity index (χ0n) is 10.8. The van der Waals surface area contributed by atoms with Crippen molar-refractivity contribution in [3.05, 3.63) is 35.7 Å². The highest BCUT2D eigenvalue weighted by Crippen LogP contribution is 2.37. The summed E-state index contributed by atoms with van der Waals surface area (Å²) in [6, 6.07) is 8.91. The average molecular weight is 242 g/mol. The van der Waals surface area contributed by atoms with Crippen LogP contribution in [0.1, 0.15) is 24.7 Å². The number of hydrogen-bond acceptors (Lipinski definition) is 3. The number of nitrogens with one attached hydrogen (secondary N) is 1. The Bertz CT molecular complexity index is 573. The molecule has 0 fully saturated rings. The van der Waals surface area contributed by atoms with Gasteiger partial charge < -0.3 is 15.6 Å². The quantitative estimate of drug-likeness (QED) is 0.808. The van der Waals surface area contributed by atoms with E-state index in [9.17, 15) is 0 Å². The highest BCUT2D eigenvalue weighted by atomic mass is 15.3. The maximum absolute atomic E-state index is 6.03. The molecule has 1 aromatic carbocycles. The number of aromatic nitrogens is 2. The summed E-state index contributed by atoms with van der Waals surface area (Å²) in [6.07, 6.45) is 2.25. The zero-order valence-corrected chi connectivity index (χ0v) is 10.8. The third kappa shape index (κ3) is 1.65. The Morgan fingerprint density at radius 3 is 2.89 bits per heavy atom. The van der Waals surface area contributed by atoms with Crippen molar-refractivity contribution < 1.29 is 0 Å². The number of aryl methyl sites for hydroxylation is 2. The van der Waals surface area contributed by atoms with E-state index in [0.29, 0.717) is 11.9 Å². The van der Waals surface area contributed by atoms with Crippen molar-refractivity contribution in [2.75, 3.05) is 10.6 Å². The van der Waals surface area contributed by atoms with Crippen molar-refractivity contribution in [2.24, 2.45) is 0 Å². The highest BCUT2D eigenvalue weighted by Gasteiger charge is 2.27. The number of H-pyrrole nitrogens is 1. The average Bonchev–Trinajstić information content (AvgIpc) is 2.68. The lowest BCUT2D eigenvalue weighted by Gasteiger charge is -2.35. The van der Waals surface area contributed by atoms with Crippen molar-refractivity contribution in [3.8, 4) is 0 Å². The van der Waals surface area contributed by atoms with Crippen LogP contribution in [0.2, 0.25) is 0 Å². The summed E-state index contributed by atoms with van der Waals surface area (Å²) in [5.74, 6) is 2.36. The molecular weight excluding hydrogens is 224 g/mol. The van der Waals surface area contributed by atoms with Crippen LogP contribution >= 0.6 is 0 Å². The second kappa shape index (κ2) is 4.05. The van der Waals surface area contributed by atoms with Gasteiger partial charge in [0, 0.05) is 11.7 Å². The molecule has 94 valence electrons. The molecule has 0 radical (unpaired) electrons. The topological polar surface area (TPSA) is 57.9 Å². The summed E-state index contributed by atoms with van der Waals surface area (Å²) in [5.41, 5.74) is 8.63. The van der Waals surface area contributed by atoms with E-state index in [4.69, 9.17) is 5.73 Å². The van der Waals surface area contributed by atoms with E-state index in [1.165, 1.54) is 11.3 Å². The molecule has 0 spiro atoms. The van der Waals surface area contributed by atoms with Gasteiger partial charge in [0.2, 0.25) is 0 Å². The minimum Gasteiger partial charge on any atom is -0.382 e. The van der Waals surface area contributed by atoms with Crippen LogP contribution in [-0.4, -0.2) is 16.0 Å². The van der Waals surface area contributed by atoms with Gasteiger partial charge in [0.1, 0.15) is 11.6 Å². The van der Waals surface area contributed by atoms with Gasteiger partial charge in [0.05, 0.1) is 0 Å². The molecule has 1 unspecified atom stereocenters. The Morgan fingerprint density at radius 2 is 2.17 bits per heavy atom. The van der Waals surface area contributed by atoms with Gasteiger partial charge in [-0.2, -0.15) is 0 Å². The third-order valence-electron chi connectivity index (χ3n) is 3.58. The Hall–Kier alpha value is -1.97. The van der Waals surface area contributed by atoms with E-state index in [1.54, 1.807) is 0 Å². The third-order valence-corrected chi connectivity index (χ3v) is 3.58. The SMILES string of the molecule is Cc1nc(N2c3ccccc3CCC2C)c(N)[nH]1. The van der Waals surface area contributed by atoms with Crippen molar-refractivity contribution in [1.82, 2.24) is 9.97 Å². The fourth-order valence-corrected chi connectivity index (χ4v) is 2.69. The lowest BCUT2D eigenvalue weighted by Crippen LogP contribution is -2.33. The summed E-state index contributed by atoms with van der Waals surface area (Å²) in [6.45, 7) is 4.15. The summed E-state index contributed by atoms with van der Waals surface area (Å²) < 4.78 is 0. The molecule has 1 aliphatic rings. The van der Waals surface area contributed by atoms with Gasteiger partial charge in [-0.25, -0.2) is 4.98 Å². The molecule has 4 nitrogen and oxygen atoms in total. The lowest BCUT2D eigenvalue weighted by molar-refractivity contribution is 0.614. The van der Waals surface area contributed by atoms with E-state index >= 15 is 0 Å². The predicted molar refractivity (Wildman–Crippen MR) is 74.1 cm³/mol. The van der Waals surface area contributed by atoms with Crippen LogP contribution in [-0.2, 0) is 6.42 Å². The van der Waals surface area contributed by atoms with Gasteiger partial charge in [-0.1, -0.05) is 18.2 Å². The number of nitrogens with zero attached hydrogens (tertiary/aromatic N) is 2. The van der Waals surface area contributed by atoms with Crippen LogP contribution in [0.3, 0.4) is 0 Å². The molecular formula is C14H18N4. The number of nitrogen functional groups attached to an aromatic ring is 1. The molecule has 0 saturated heterocycles. The molecule has 0 aliphatic carbocycles. The fraction of sp³-hybridized carbons (Fsp3) is 0.357. The fourth-order valence-electron chi connectivity index (χ4n) is 2.69.